The monoisotopic (exact) mass is 740 g/mol. The van der Waals surface area contributed by atoms with Crippen molar-refractivity contribution in [2.75, 3.05) is 52.4 Å². The van der Waals surface area contributed by atoms with Gasteiger partial charge in [0.15, 0.2) is 0 Å². The van der Waals surface area contributed by atoms with Crippen LogP contribution in [0.5, 0.6) is 5.75 Å². The molecule has 0 radical (unpaired) electrons. The molecule has 11 heteroatoms. The molecule has 0 saturated carbocycles. The average molecular weight is 741 g/mol. The van der Waals surface area contributed by atoms with E-state index in [1.165, 1.54) is 0 Å². The molecule has 3 fully saturated rings. The van der Waals surface area contributed by atoms with Crippen molar-refractivity contribution in [2.24, 2.45) is 35.5 Å². The highest BCUT2D eigenvalue weighted by atomic mass is 16.5. The maximum Gasteiger partial charge on any atom is 0.307 e. The van der Waals surface area contributed by atoms with Crippen molar-refractivity contribution in [1.82, 2.24) is 20.9 Å². The molecule has 3 heterocycles. The van der Waals surface area contributed by atoms with E-state index in [0.717, 1.165) is 86.3 Å². The lowest BCUT2D eigenvalue weighted by atomic mass is 9.86. The first-order valence-electron chi connectivity index (χ1n) is 19.6. The maximum atomic E-state index is 12.2. The van der Waals surface area contributed by atoms with Gasteiger partial charge in [0.25, 0.3) is 0 Å². The third kappa shape index (κ3) is 11.1. The molecule has 6 rings (SSSR count). The lowest BCUT2D eigenvalue weighted by Gasteiger charge is -2.24. The largest absolute Gasteiger partial charge is 0.492 e. The molecule has 0 aromatic heterocycles. The molecule has 11 nitrogen and oxygen atoms in total. The molecule has 6 unspecified atom stereocenters. The Bertz CT molecular complexity index is 1620. The van der Waals surface area contributed by atoms with Crippen molar-refractivity contribution in [2.45, 2.75) is 51.6 Å². The SMILES string of the molecule is O=C(O)C(Cc1cccc(CN(CCOc2cccc(CC(C(=O)O)C3CCNC3)c2)Cc2cccc(CC(C(=O)O)C3CCNC3)c2)c1)C1CCNC1. The summed E-state index contributed by atoms with van der Waals surface area (Å²) in [6, 6.07) is 24.2. The van der Waals surface area contributed by atoms with Gasteiger partial charge >= 0.3 is 17.9 Å². The second kappa shape index (κ2) is 19.3. The minimum Gasteiger partial charge on any atom is -0.492 e. The van der Waals surface area contributed by atoms with Gasteiger partial charge in [-0.3, -0.25) is 19.3 Å². The number of ether oxygens (including phenoxy) is 1. The van der Waals surface area contributed by atoms with Gasteiger partial charge in [-0.1, -0.05) is 60.7 Å². The number of hydrogen-bond donors (Lipinski definition) is 6. The fourth-order valence-corrected chi connectivity index (χ4v) is 8.69. The predicted molar refractivity (Wildman–Crippen MR) is 206 cm³/mol. The van der Waals surface area contributed by atoms with Crippen LogP contribution in [0.3, 0.4) is 0 Å². The lowest BCUT2D eigenvalue weighted by Crippen LogP contribution is -2.29. The summed E-state index contributed by atoms with van der Waals surface area (Å²) in [6.45, 7) is 6.99. The number of benzene rings is 3. The molecule has 0 amide bonds. The Kier molecular flexibility index (Phi) is 14.1. The van der Waals surface area contributed by atoms with Crippen molar-refractivity contribution < 1.29 is 34.4 Å². The van der Waals surface area contributed by atoms with E-state index in [-0.39, 0.29) is 17.8 Å². The van der Waals surface area contributed by atoms with Crippen LogP contribution >= 0.6 is 0 Å². The van der Waals surface area contributed by atoms with Crippen LogP contribution < -0.4 is 20.7 Å². The summed E-state index contributed by atoms with van der Waals surface area (Å²) >= 11 is 0. The van der Waals surface area contributed by atoms with E-state index in [1.54, 1.807) is 0 Å². The Labute approximate surface area is 318 Å². The van der Waals surface area contributed by atoms with Crippen LogP contribution in [0.4, 0.5) is 0 Å². The highest BCUT2D eigenvalue weighted by molar-refractivity contribution is 5.72. The van der Waals surface area contributed by atoms with Gasteiger partial charge in [-0.15, -0.1) is 0 Å². The van der Waals surface area contributed by atoms with E-state index in [1.807, 2.05) is 48.5 Å². The van der Waals surface area contributed by atoms with Gasteiger partial charge in [-0.2, -0.15) is 0 Å². The molecule has 3 aromatic carbocycles. The summed E-state index contributed by atoms with van der Waals surface area (Å²) < 4.78 is 6.30. The topological polar surface area (TPSA) is 160 Å². The molecule has 0 aliphatic carbocycles. The number of carboxylic acid groups (broad SMARTS) is 3. The maximum absolute atomic E-state index is 12.2. The van der Waals surface area contributed by atoms with E-state index in [4.69, 9.17) is 4.74 Å². The predicted octanol–water partition coefficient (Wildman–Crippen LogP) is 4.33. The number of nitrogens with one attached hydrogen (secondary N) is 3. The molecular formula is C43H56N4O7. The second-order valence-electron chi connectivity index (χ2n) is 15.6. The van der Waals surface area contributed by atoms with Crippen molar-refractivity contribution in [1.29, 1.82) is 0 Å². The molecule has 6 atom stereocenters. The minimum absolute atomic E-state index is 0.113. The number of carboxylic acids is 3. The van der Waals surface area contributed by atoms with Crippen molar-refractivity contribution >= 4 is 17.9 Å². The first-order chi connectivity index (χ1) is 26.2. The Morgan fingerprint density at radius 3 is 1.37 bits per heavy atom. The molecule has 0 spiro atoms. The van der Waals surface area contributed by atoms with Gasteiger partial charge in [-0.05, 0) is 135 Å². The molecule has 0 bridgehead atoms. The summed E-state index contributed by atoms with van der Waals surface area (Å²) in [5.41, 5.74) is 5.13. The van der Waals surface area contributed by atoms with Gasteiger partial charge in [0, 0.05) is 19.6 Å². The van der Waals surface area contributed by atoms with Crippen LogP contribution in [-0.4, -0.2) is 90.5 Å². The number of carbonyl (C=O) groups is 3. The van der Waals surface area contributed by atoms with Crippen LogP contribution in [0.25, 0.3) is 0 Å². The third-order valence-electron chi connectivity index (χ3n) is 11.7. The fourth-order valence-electron chi connectivity index (χ4n) is 8.69. The van der Waals surface area contributed by atoms with Gasteiger partial charge in [0.1, 0.15) is 12.4 Å². The zero-order chi connectivity index (χ0) is 37.9. The third-order valence-corrected chi connectivity index (χ3v) is 11.7. The summed E-state index contributed by atoms with van der Waals surface area (Å²) in [6.07, 6.45) is 4.03. The molecule has 54 heavy (non-hydrogen) atoms. The Morgan fingerprint density at radius 2 is 0.981 bits per heavy atom. The summed E-state index contributed by atoms with van der Waals surface area (Å²) in [4.78, 5) is 38.9. The minimum atomic E-state index is -0.762. The Balaban J connectivity index is 1.15. The number of aliphatic carboxylic acids is 3. The van der Waals surface area contributed by atoms with Gasteiger partial charge in [0.05, 0.1) is 17.8 Å². The normalized spacial score (nSPS) is 21.5. The smallest absolute Gasteiger partial charge is 0.307 e. The molecule has 3 aliphatic rings. The molecule has 3 aliphatic heterocycles. The van der Waals surface area contributed by atoms with Gasteiger partial charge in [-0.25, -0.2) is 0 Å². The summed E-state index contributed by atoms with van der Waals surface area (Å²) in [5.74, 6) is -2.53. The van der Waals surface area contributed by atoms with Crippen LogP contribution in [0.1, 0.15) is 47.1 Å². The number of rotatable bonds is 20. The molecule has 6 N–H and O–H groups in total. The molecule has 290 valence electrons. The molecular weight excluding hydrogens is 684 g/mol. The van der Waals surface area contributed by atoms with Gasteiger partial charge in [0.2, 0.25) is 0 Å². The van der Waals surface area contributed by atoms with Crippen molar-refractivity contribution in [3.8, 4) is 5.75 Å². The Hall–Kier alpha value is -4.29. The Morgan fingerprint density at radius 1 is 0.593 bits per heavy atom. The van der Waals surface area contributed by atoms with Crippen LogP contribution in [-0.2, 0) is 46.7 Å². The van der Waals surface area contributed by atoms with E-state index < -0.39 is 35.7 Å². The van der Waals surface area contributed by atoms with Crippen LogP contribution in [0, 0.1) is 35.5 Å². The first kappa shape index (κ1) is 39.4. The van der Waals surface area contributed by atoms with Crippen molar-refractivity contribution in [3.05, 3.63) is 101 Å². The standard InChI is InChI=1S/C43H56N4O7/c48-41(49)38(34-10-13-44-24-34)21-29-4-1-7-32(18-29)27-47(28-33-8-2-5-30(19-33)22-39(42(50)51)35-11-14-45-25-35)16-17-54-37-9-3-6-31(20-37)23-40(43(52)53)36-12-15-46-26-36/h1-9,18-20,34-36,38-40,44-46H,10-17,21-28H2,(H,48,49)(H,50,51)(H,52,53). The fraction of sp³-hybridized carbons (Fsp3) is 0.512. The highest BCUT2D eigenvalue weighted by Crippen LogP contribution is 2.28. The number of nitrogens with zero attached hydrogens (tertiary/aromatic N) is 1. The van der Waals surface area contributed by atoms with E-state index in [2.05, 4.69) is 45.1 Å². The molecule has 3 saturated heterocycles. The van der Waals surface area contributed by atoms with Crippen LogP contribution in [0.15, 0.2) is 72.8 Å². The zero-order valence-electron chi connectivity index (χ0n) is 31.1. The van der Waals surface area contributed by atoms with Crippen LogP contribution in [0.2, 0.25) is 0 Å². The number of hydrogen-bond acceptors (Lipinski definition) is 8. The van der Waals surface area contributed by atoms with Crippen molar-refractivity contribution in [3.63, 3.8) is 0 Å². The van der Waals surface area contributed by atoms with E-state index >= 15 is 0 Å². The van der Waals surface area contributed by atoms with E-state index in [9.17, 15) is 29.7 Å². The summed E-state index contributed by atoms with van der Waals surface area (Å²) in [7, 11) is 0. The lowest BCUT2D eigenvalue weighted by molar-refractivity contribution is -0.144. The zero-order valence-corrected chi connectivity index (χ0v) is 31.1. The highest BCUT2D eigenvalue weighted by Gasteiger charge is 2.33. The quantitative estimate of drug-likeness (QED) is 0.0980. The summed E-state index contributed by atoms with van der Waals surface area (Å²) in [5, 5.41) is 40.0. The second-order valence-corrected chi connectivity index (χ2v) is 15.6. The van der Waals surface area contributed by atoms with Gasteiger partial charge < -0.3 is 36.0 Å². The average Bonchev–Trinajstić information content (AvgIpc) is 3.97. The molecule has 3 aromatic rings. The van der Waals surface area contributed by atoms with E-state index in [0.29, 0.717) is 51.3 Å². The first-order valence-corrected chi connectivity index (χ1v) is 19.6.